The number of nitrogens with two attached hydrogens (primary N) is 1. The number of likely N-dealkylation sites (N-methyl/N-ethyl adjacent to an activating group) is 1. The minimum absolute atomic E-state index is 0.0817. The first-order valence-electron chi connectivity index (χ1n) is 11.1. The van der Waals surface area contributed by atoms with Crippen LogP contribution in [0.5, 0.6) is 0 Å². The van der Waals surface area contributed by atoms with E-state index < -0.39 is 5.91 Å². The number of amides is 2. The molecule has 31 heavy (non-hydrogen) atoms. The smallest absolute Gasteiger partial charge is 0.219 e. The maximum atomic E-state index is 11.3. The highest BCUT2D eigenvalue weighted by molar-refractivity contribution is 5.75. The Labute approximate surface area is 188 Å². The van der Waals surface area contributed by atoms with Crippen LogP contribution in [-0.4, -0.2) is 50.6 Å². The van der Waals surface area contributed by atoms with E-state index in [0.717, 1.165) is 43.7 Å². The van der Waals surface area contributed by atoms with E-state index in [4.69, 9.17) is 5.73 Å². The Hall–Kier alpha value is -2.48. The van der Waals surface area contributed by atoms with Crippen molar-refractivity contribution >= 4 is 11.8 Å². The fourth-order valence-corrected chi connectivity index (χ4v) is 2.93. The van der Waals surface area contributed by atoms with Gasteiger partial charge in [0.15, 0.2) is 0 Å². The maximum Gasteiger partial charge on any atom is 0.219 e. The monoisotopic (exact) mass is 436 g/mol. The molecule has 0 bridgehead atoms. The van der Waals surface area contributed by atoms with Gasteiger partial charge in [0.2, 0.25) is 11.8 Å². The highest BCUT2D eigenvalue weighted by atomic mass is 16.1. The average Bonchev–Trinajstić information content (AvgIpc) is 2.68. The van der Waals surface area contributed by atoms with E-state index in [2.05, 4.69) is 60.2 Å². The molecule has 8 nitrogen and oxygen atoms in total. The highest BCUT2D eigenvalue weighted by Crippen LogP contribution is 2.09. The molecule has 8 heteroatoms. The third kappa shape index (κ3) is 15.0. The molecule has 0 aromatic heterocycles. The van der Waals surface area contributed by atoms with Gasteiger partial charge in [-0.25, -0.2) is 0 Å². The van der Waals surface area contributed by atoms with Crippen molar-refractivity contribution in [3.63, 3.8) is 0 Å². The topological polar surface area (TPSA) is 120 Å². The summed E-state index contributed by atoms with van der Waals surface area (Å²) in [5, 5.41) is 15.9. The van der Waals surface area contributed by atoms with E-state index in [1.165, 1.54) is 6.92 Å². The molecule has 2 unspecified atom stereocenters. The molecule has 0 aliphatic rings. The lowest BCUT2D eigenvalue weighted by Crippen LogP contribution is -2.44. The van der Waals surface area contributed by atoms with Gasteiger partial charge >= 0.3 is 0 Å². The maximum absolute atomic E-state index is 11.3. The Morgan fingerprint density at radius 3 is 2.10 bits per heavy atom. The molecule has 0 aliphatic heterocycles. The number of carbonyl (C=O) groups is 2. The summed E-state index contributed by atoms with van der Waals surface area (Å²) in [6.07, 6.45) is 3.82. The normalized spacial score (nSPS) is 12.5. The van der Waals surface area contributed by atoms with Gasteiger partial charge in [-0.2, -0.15) is 0 Å². The third-order valence-electron chi connectivity index (χ3n) is 4.87. The highest BCUT2D eigenvalue weighted by Gasteiger charge is 2.19. The fraction of sp³-hybridized carbons (Fsp3) is 0.652. The SMILES string of the molecule is C=C(CCC(C)C)NCCCNC(=C)C(CCNC(C)=O)NC(=C)C(CC(N)=O)NC. The molecule has 7 N–H and O–H groups in total. The van der Waals surface area contributed by atoms with Gasteiger partial charge in [-0.1, -0.05) is 33.6 Å². The second-order valence-corrected chi connectivity index (χ2v) is 8.27. The van der Waals surface area contributed by atoms with Crippen LogP contribution in [0.4, 0.5) is 0 Å². The predicted molar refractivity (Wildman–Crippen MR) is 129 cm³/mol. The van der Waals surface area contributed by atoms with Crippen LogP contribution in [0.2, 0.25) is 0 Å². The molecule has 0 aromatic carbocycles. The predicted octanol–water partition coefficient (Wildman–Crippen LogP) is 1.48. The molecule has 178 valence electrons. The lowest BCUT2D eigenvalue weighted by atomic mass is 10.1. The Morgan fingerprint density at radius 1 is 0.903 bits per heavy atom. The summed E-state index contributed by atoms with van der Waals surface area (Å²) < 4.78 is 0. The zero-order chi connectivity index (χ0) is 23.8. The van der Waals surface area contributed by atoms with Gasteiger partial charge < -0.3 is 32.3 Å². The lowest BCUT2D eigenvalue weighted by molar-refractivity contribution is -0.119. The van der Waals surface area contributed by atoms with Crippen LogP contribution in [0.3, 0.4) is 0 Å². The molecule has 2 atom stereocenters. The first-order valence-corrected chi connectivity index (χ1v) is 11.1. The Bertz CT molecular complexity index is 603. The second kappa shape index (κ2) is 16.2. The molecule has 0 radical (unpaired) electrons. The van der Waals surface area contributed by atoms with E-state index in [0.29, 0.717) is 24.6 Å². The Morgan fingerprint density at radius 2 is 1.55 bits per heavy atom. The number of rotatable bonds is 19. The molecule has 0 rings (SSSR count). The summed E-state index contributed by atoms with van der Waals surface area (Å²) in [5.74, 6) is 0.184. The number of carbonyl (C=O) groups excluding carboxylic acids is 2. The first-order chi connectivity index (χ1) is 14.6. The lowest BCUT2D eigenvalue weighted by Gasteiger charge is -2.28. The van der Waals surface area contributed by atoms with Crippen LogP contribution >= 0.6 is 0 Å². The minimum Gasteiger partial charge on any atom is -0.389 e. The summed E-state index contributed by atoms with van der Waals surface area (Å²) in [7, 11) is 1.75. The quantitative estimate of drug-likeness (QED) is 0.171. The molecule has 0 saturated heterocycles. The molecular weight excluding hydrogens is 392 g/mol. The van der Waals surface area contributed by atoms with Crippen LogP contribution in [-0.2, 0) is 9.59 Å². The van der Waals surface area contributed by atoms with Gasteiger partial charge in [0.25, 0.3) is 0 Å². The van der Waals surface area contributed by atoms with E-state index in [9.17, 15) is 9.59 Å². The van der Waals surface area contributed by atoms with E-state index >= 15 is 0 Å². The minimum atomic E-state index is -0.406. The van der Waals surface area contributed by atoms with Gasteiger partial charge in [0.05, 0.1) is 12.1 Å². The second-order valence-electron chi connectivity index (χ2n) is 8.27. The van der Waals surface area contributed by atoms with Crippen LogP contribution in [0.1, 0.15) is 52.9 Å². The number of nitrogens with one attached hydrogen (secondary N) is 5. The fourth-order valence-electron chi connectivity index (χ4n) is 2.93. The number of primary amides is 1. The molecule has 0 saturated carbocycles. The van der Waals surface area contributed by atoms with Crippen LogP contribution in [0.25, 0.3) is 0 Å². The summed E-state index contributed by atoms with van der Waals surface area (Å²) >= 11 is 0. The van der Waals surface area contributed by atoms with Gasteiger partial charge in [0.1, 0.15) is 0 Å². The van der Waals surface area contributed by atoms with Crippen molar-refractivity contribution in [2.24, 2.45) is 11.7 Å². The molecule has 0 heterocycles. The van der Waals surface area contributed by atoms with Crippen molar-refractivity contribution in [1.82, 2.24) is 26.6 Å². The van der Waals surface area contributed by atoms with E-state index in [1.54, 1.807) is 7.05 Å². The third-order valence-corrected chi connectivity index (χ3v) is 4.87. The van der Waals surface area contributed by atoms with Gasteiger partial charge in [-0.15, -0.1) is 0 Å². The number of allylic oxidation sites excluding steroid dienone is 1. The molecule has 0 aliphatic carbocycles. The number of hydrogen-bond acceptors (Lipinski definition) is 6. The van der Waals surface area contributed by atoms with Crippen LogP contribution in [0.15, 0.2) is 36.8 Å². The summed E-state index contributed by atoms with van der Waals surface area (Å²) in [6, 6.07) is -0.438. The summed E-state index contributed by atoms with van der Waals surface area (Å²) in [6.45, 7) is 20.3. The van der Waals surface area contributed by atoms with E-state index in [-0.39, 0.29) is 24.4 Å². The Balaban J connectivity index is 4.59. The molecular formula is C23H44N6O2. The summed E-state index contributed by atoms with van der Waals surface area (Å²) in [4.78, 5) is 22.5. The van der Waals surface area contributed by atoms with Gasteiger partial charge in [0, 0.05) is 50.1 Å². The standard InChI is InChI=1S/C23H44N6O2/c1-16(2)9-10-17(3)26-12-8-13-27-18(4)21(11-14-28-20(6)30)29-19(5)22(25-7)15-23(24)31/h16,21-22,25-27,29H,3-5,8-15H2,1-2,6-7H3,(H2,24,31)(H,28,30). The first kappa shape index (κ1) is 28.5. The van der Waals surface area contributed by atoms with Gasteiger partial charge in [-0.05, 0) is 38.6 Å². The molecule has 2 amide bonds. The van der Waals surface area contributed by atoms with Gasteiger partial charge in [-0.3, -0.25) is 9.59 Å². The summed E-state index contributed by atoms with van der Waals surface area (Å²) in [5.41, 5.74) is 7.86. The average molecular weight is 437 g/mol. The van der Waals surface area contributed by atoms with Crippen LogP contribution < -0.4 is 32.3 Å². The van der Waals surface area contributed by atoms with Crippen molar-refractivity contribution in [3.05, 3.63) is 36.8 Å². The molecule has 0 spiro atoms. The van der Waals surface area contributed by atoms with Crippen molar-refractivity contribution in [1.29, 1.82) is 0 Å². The zero-order valence-corrected chi connectivity index (χ0v) is 19.9. The van der Waals surface area contributed by atoms with Crippen molar-refractivity contribution in [2.75, 3.05) is 26.7 Å². The van der Waals surface area contributed by atoms with E-state index in [1.807, 2.05) is 0 Å². The van der Waals surface area contributed by atoms with Crippen LogP contribution in [0, 0.1) is 5.92 Å². The number of hydrogen-bond donors (Lipinski definition) is 6. The molecule has 0 fully saturated rings. The molecule has 0 aromatic rings. The van der Waals surface area contributed by atoms with Crippen molar-refractivity contribution in [3.8, 4) is 0 Å². The Kier molecular flexibility index (Phi) is 14.9. The van der Waals surface area contributed by atoms with Crippen molar-refractivity contribution < 1.29 is 9.59 Å². The largest absolute Gasteiger partial charge is 0.389 e. The van der Waals surface area contributed by atoms with Crippen molar-refractivity contribution in [2.45, 2.75) is 65.0 Å². The zero-order valence-electron chi connectivity index (χ0n) is 19.9.